The normalized spacial score (nSPS) is 16.1. The maximum atomic E-state index is 10.2. The molecule has 40 heavy (non-hydrogen) atoms. The molecule has 0 heterocycles. The van der Waals surface area contributed by atoms with E-state index < -0.39 is 0 Å². The molecular formula is C38H20N2. The van der Waals surface area contributed by atoms with Crippen molar-refractivity contribution in [1.29, 1.82) is 10.5 Å². The van der Waals surface area contributed by atoms with E-state index in [4.69, 9.17) is 0 Å². The van der Waals surface area contributed by atoms with Crippen LogP contribution in [0.1, 0.15) is 17.5 Å². The predicted molar refractivity (Wildman–Crippen MR) is 163 cm³/mol. The second-order valence-corrected chi connectivity index (χ2v) is 10.9. The first-order valence-electron chi connectivity index (χ1n) is 13.7. The van der Waals surface area contributed by atoms with Gasteiger partial charge < -0.3 is 0 Å². The Morgan fingerprint density at radius 2 is 1.12 bits per heavy atom. The maximum Gasteiger partial charge on any atom is 0.0994 e. The Balaban J connectivity index is 1.45. The first-order chi connectivity index (χ1) is 19.8. The number of allylic oxidation sites excluding steroid dienone is 4. The minimum Gasteiger partial charge on any atom is -0.198 e. The van der Waals surface area contributed by atoms with Gasteiger partial charge in [0, 0.05) is 5.57 Å². The van der Waals surface area contributed by atoms with Crippen LogP contribution >= 0.6 is 0 Å². The van der Waals surface area contributed by atoms with E-state index in [9.17, 15) is 10.5 Å². The smallest absolute Gasteiger partial charge is 0.0994 e. The molecule has 0 spiro atoms. The largest absolute Gasteiger partial charge is 0.198 e. The summed E-state index contributed by atoms with van der Waals surface area (Å²) < 4.78 is 0. The van der Waals surface area contributed by atoms with E-state index in [1.165, 1.54) is 54.9 Å². The highest BCUT2D eigenvalue weighted by molar-refractivity contribution is 6.31. The van der Waals surface area contributed by atoms with Crippen LogP contribution in [0.2, 0.25) is 0 Å². The zero-order chi connectivity index (χ0) is 26.5. The van der Waals surface area contributed by atoms with Crippen molar-refractivity contribution in [2.24, 2.45) is 5.92 Å². The molecule has 2 heteroatoms. The fourth-order valence-electron chi connectivity index (χ4n) is 7.62. The zero-order valence-corrected chi connectivity index (χ0v) is 21.5. The van der Waals surface area contributed by atoms with Gasteiger partial charge in [0.25, 0.3) is 0 Å². The van der Waals surface area contributed by atoms with Gasteiger partial charge in [0.05, 0.1) is 23.6 Å². The first kappa shape index (κ1) is 21.5. The Hall–Kier alpha value is -5.44. The molecule has 6 aromatic carbocycles. The summed E-state index contributed by atoms with van der Waals surface area (Å²) in [5.41, 5.74) is 12.4. The third-order valence-corrected chi connectivity index (χ3v) is 9.13. The van der Waals surface area contributed by atoms with E-state index >= 15 is 0 Å². The minimum absolute atomic E-state index is 0.261. The molecule has 0 fully saturated rings. The second-order valence-electron chi connectivity index (χ2n) is 10.9. The van der Waals surface area contributed by atoms with Crippen LogP contribution in [0.15, 0.2) is 109 Å². The van der Waals surface area contributed by atoms with E-state index in [1.807, 2.05) is 6.08 Å². The van der Waals surface area contributed by atoms with Crippen LogP contribution in [-0.2, 0) is 0 Å². The Kier molecular flexibility index (Phi) is 4.07. The van der Waals surface area contributed by atoms with Crippen LogP contribution in [0, 0.1) is 28.6 Å². The van der Waals surface area contributed by atoms with Gasteiger partial charge in [-0.2, -0.15) is 10.5 Å². The van der Waals surface area contributed by atoms with Crippen LogP contribution in [0.25, 0.3) is 76.8 Å². The number of rotatable bonds is 1. The summed E-state index contributed by atoms with van der Waals surface area (Å²) in [6, 6.07) is 40.0. The molecular weight excluding hydrogens is 484 g/mol. The first-order valence-corrected chi connectivity index (χ1v) is 13.7. The summed E-state index contributed by atoms with van der Waals surface area (Å²) in [5, 5.41) is 27.5. The van der Waals surface area contributed by atoms with Gasteiger partial charge in [-0.1, -0.05) is 103 Å². The molecule has 0 radical (unpaired) electrons. The molecule has 9 rings (SSSR count). The monoisotopic (exact) mass is 504 g/mol. The second kappa shape index (κ2) is 7.57. The fourth-order valence-corrected chi connectivity index (χ4v) is 7.62. The fraction of sp³-hybridized carbons (Fsp3) is 0.0526. The summed E-state index contributed by atoms with van der Waals surface area (Å²) in [5.74, 6) is -0.261. The predicted octanol–water partition coefficient (Wildman–Crippen LogP) is 9.68. The lowest BCUT2D eigenvalue weighted by Crippen LogP contribution is -2.06. The summed E-state index contributed by atoms with van der Waals surface area (Å²) in [4.78, 5) is 0. The van der Waals surface area contributed by atoms with Gasteiger partial charge in [-0.3, -0.25) is 0 Å². The van der Waals surface area contributed by atoms with Gasteiger partial charge in [-0.05, 0) is 88.8 Å². The Labute approximate surface area is 231 Å². The highest BCUT2D eigenvalue weighted by Crippen LogP contribution is 2.56. The standard InChI is InChI=1S/C38H20N2/c39-19-21-15-16-22(20-40)34-33(21)31-13-6-14-32-36(26-9-3-4-10-28(26)38(34)37(31)32)30-18-17-29-24-8-2-1-7-23(24)25-11-5-12-27(30)35(25)29/h1-14,16-18,21H,15H2. The average Bonchev–Trinajstić information content (AvgIpc) is 3.54. The summed E-state index contributed by atoms with van der Waals surface area (Å²) in [6.07, 6.45) is 2.52. The number of fused-ring (bicyclic) bond motifs is 7. The van der Waals surface area contributed by atoms with E-state index in [0.29, 0.717) is 12.0 Å². The van der Waals surface area contributed by atoms with Crippen molar-refractivity contribution in [3.8, 4) is 45.5 Å². The number of nitrogens with zero attached hydrogens (tertiary/aromatic N) is 2. The molecule has 3 aliphatic rings. The zero-order valence-electron chi connectivity index (χ0n) is 21.5. The van der Waals surface area contributed by atoms with Crippen LogP contribution in [0.3, 0.4) is 0 Å². The molecule has 3 aliphatic carbocycles. The lowest BCUT2D eigenvalue weighted by atomic mass is 9.81. The Bertz CT molecular complexity index is 2290. The Morgan fingerprint density at radius 1 is 0.525 bits per heavy atom. The summed E-state index contributed by atoms with van der Waals surface area (Å²) in [6.45, 7) is 0. The molecule has 0 bridgehead atoms. The van der Waals surface area contributed by atoms with Crippen molar-refractivity contribution in [1.82, 2.24) is 0 Å². The third kappa shape index (κ3) is 2.47. The molecule has 2 nitrogen and oxygen atoms in total. The van der Waals surface area contributed by atoms with Crippen LogP contribution in [0.5, 0.6) is 0 Å². The molecule has 0 aromatic heterocycles. The SMILES string of the molecule is N#CC1=CCC(C#N)C2=C1c1c3ccccc3c(-c3ccc4c5c(cccc35)-c3ccccc3-4)c3cccc2c13. The molecule has 0 aliphatic heterocycles. The number of hydrogen-bond acceptors (Lipinski definition) is 2. The molecule has 1 unspecified atom stereocenters. The summed E-state index contributed by atoms with van der Waals surface area (Å²) >= 11 is 0. The van der Waals surface area contributed by atoms with Gasteiger partial charge in [-0.25, -0.2) is 0 Å². The van der Waals surface area contributed by atoms with Gasteiger partial charge in [0.15, 0.2) is 0 Å². The topological polar surface area (TPSA) is 47.6 Å². The molecule has 0 N–H and O–H groups in total. The van der Waals surface area contributed by atoms with E-state index in [2.05, 4.69) is 109 Å². The van der Waals surface area contributed by atoms with E-state index in [-0.39, 0.29) is 5.92 Å². The van der Waals surface area contributed by atoms with Crippen molar-refractivity contribution < 1.29 is 0 Å². The third-order valence-electron chi connectivity index (χ3n) is 9.13. The van der Waals surface area contributed by atoms with Gasteiger partial charge >= 0.3 is 0 Å². The highest BCUT2D eigenvalue weighted by atomic mass is 14.4. The van der Waals surface area contributed by atoms with Crippen LogP contribution in [-0.4, -0.2) is 0 Å². The average molecular weight is 505 g/mol. The van der Waals surface area contributed by atoms with Gasteiger partial charge in [-0.15, -0.1) is 0 Å². The molecule has 0 amide bonds. The van der Waals surface area contributed by atoms with Crippen molar-refractivity contribution in [3.05, 3.63) is 120 Å². The van der Waals surface area contributed by atoms with Crippen molar-refractivity contribution in [3.63, 3.8) is 0 Å². The Morgan fingerprint density at radius 3 is 1.88 bits per heavy atom. The number of hydrogen-bond donors (Lipinski definition) is 0. The molecule has 1 atom stereocenters. The maximum absolute atomic E-state index is 10.2. The van der Waals surface area contributed by atoms with Gasteiger partial charge in [0.2, 0.25) is 0 Å². The number of benzene rings is 6. The van der Waals surface area contributed by atoms with Crippen molar-refractivity contribution in [2.45, 2.75) is 6.42 Å². The number of nitriles is 2. The van der Waals surface area contributed by atoms with Crippen molar-refractivity contribution in [2.75, 3.05) is 0 Å². The minimum atomic E-state index is -0.261. The van der Waals surface area contributed by atoms with E-state index in [0.717, 1.165) is 33.0 Å². The molecule has 6 aromatic rings. The molecule has 0 saturated heterocycles. The highest BCUT2D eigenvalue weighted by Gasteiger charge is 2.36. The lowest BCUT2D eigenvalue weighted by molar-refractivity contribution is 0.861. The van der Waals surface area contributed by atoms with Crippen LogP contribution < -0.4 is 0 Å². The molecule has 0 saturated carbocycles. The lowest BCUT2D eigenvalue weighted by Gasteiger charge is -2.19. The quantitative estimate of drug-likeness (QED) is 0.209. The van der Waals surface area contributed by atoms with Crippen molar-refractivity contribution >= 4 is 43.5 Å². The summed E-state index contributed by atoms with van der Waals surface area (Å²) in [7, 11) is 0. The van der Waals surface area contributed by atoms with Crippen LogP contribution in [0.4, 0.5) is 0 Å². The van der Waals surface area contributed by atoms with E-state index in [1.54, 1.807) is 0 Å². The van der Waals surface area contributed by atoms with Gasteiger partial charge in [0.1, 0.15) is 0 Å². The molecule has 182 valence electrons.